The first-order valence-electron chi connectivity index (χ1n) is 9.41. The number of hydrogen-bond donors (Lipinski definition) is 1. The highest BCUT2D eigenvalue weighted by Crippen LogP contribution is 2.33. The van der Waals surface area contributed by atoms with E-state index in [1.54, 1.807) is 6.33 Å². The number of rotatable bonds is 4. The van der Waals surface area contributed by atoms with E-state index in [1.165, 1.54) is 5.56 Å². The van der Waals surface area contributed by atoms with Gasteiger partial charge in [0.25, 0.3) is 0 Å². The van der Waals surface area contributed by atoms with Gasteiger partial charge in [-0.1, -0.05) is 43.6 Å². The second-order valence-corrected chi connectivity index (χ2v) is 7.78. The van der Waals surface area contributed by atoms with E-state index in [9.17, 15) is 0 Å². The lowest BCUT2D eigenvalue weighted by molar-refractivity contribution is 0.867. The molecule has 0 unspecified atom stereocenters. The van der Waals surface area contributed by atoms with E-state index in [2.05, 4.69) is 71.8 Å². The van der Waals surface area contributed by atoms with Crippen molar-refractivity contribution in [3.63, 3.8) is 0 Å². The van der Waals surface area contributed by atoms with Gasteiger partial charge in [-0.3, -0.25) is 4.57 Å². The van der Waals surface area contributed by atoms with Gasteiger partial charge in [-0.15, -0.1) is 0 Å². The molecule has 0 radical (unpaired) electrons. The molecule has 0 amide bonds. The minimum atomic E-state index is 0.511. The molecule has 0 bridgehead atoms. The van der Waals surface area contributed by atoms with Gasteiger partial charge in [0.05, 0.1) is 5.39 Å². The van der Waals surface area contributed by atoms with Gasteiger partial charge in [-0.25, -0.2) is 9.97 Å². The van der Waals surface area contributed by atoms with Gasteiger partial charge in [0.2, 0.25) is 0 Å². The number of aromatic nitrogens is 3. The number of fused-ring (bicyclic) bond motifs is 1. The molecule has 1 N–H and O–H groups in total. The van der Waals surface area contributed by atoms with Crippen LogP contribution < -0.4 is 5.32 Å². The summed E-state index contributed by atoms with van der Waals surface area (Å²) in [7, 11) is 0. The number of nitrogens with one attached hydrogen (secondary N) is 1. The number of aryl methyl sites for hydroxylation is 1. The summed E-state index contributed by atoms with van der Waals surface area (Å²) in [5, 5.41) is 5.19. The standard InChI is InChI=1S/C23H23ClN4/c1-14(2)17-8-10-19(11-9-17)27-22-21-15(3)16(4)28(23(21)26-13-25-22)20-7-5-6-18(24)12-20/h5-14H,1-4H3,(H,25,26,27). The van der Waals surface area contributed by atoms with Gasteiger partial charge >= 0.3 is 0 Å². The van der Waals surface area contributed by atoms with Crippen LogP contribution in [0.5, 0.6) is 0 Å². The van der Waals surface area contributed by atoms with Crippen LogP contribution in [0.3, 0.4) is 0 Å². The maximum atomic E-state index is 6.22. The summed E-state index contributed by atoms with van der Waals surface area (Å²) >= 11 is 6.22. The summed E-state index contributed by atoms with van der Waals surface area (Å²) in [6, 6.07) is 16.3. The van der Waals surface area contributed by atoms with Crippen molar-refractivity contribution >= 4 is 34.1 Å². The fourth-order valence-corrected chi connectivity index (χ4v) is 3.70. The average molecular weight is 391 g/mol. The zero-order chi connectivity index (χ0) is 19.8. The second-order valence-electron chi connectivity index (χ2n) is 7.35. The minimum Gasteiger partial charge on any atom is -0.340 e. The Labute approximate surface area is 170 Å². The predicted octanol–water partition coefficient (Wildman–Crippen LogP) is 6.56. The lowest BCUT2D eigenvalue weighted by Crippen LogP contribution is -1.99. The molecule has 0 aliphatic heterocycles. The van der Waals surface area contributed by atoms with Crippen LogP contribution in [-0.4, -0.2) is 14.5 Å². The summed E-state index contributed by atoms with van der Waals surface area (Å²) in [6.45, 7) is 8.59. The first-order valence-corrected chi connectivity index (χ1v) is 9.79. The highest BCUT2D eigenvalue weighted by atomic mass is 35.5. The lowest BCUT2D eigenvalue weighted by Gasteiger charge is -2.10. The zero-order valence-electron chi connectivity index (χ0n) is 16.5. The fraction of sp³-hybridized carbons (Fsp3) is 0.217. The van der Waals surface area contributed by atoms with Crippen molar-refractivity contribution < 1.29 is 0 Å². The molecule has 4 rings (SSSR count). The number of benzene rings is 2. The molecule has 0 fully saturated rings. The van der Waals surface area contributed by atoms with Gasteiger partial charge < -0.3 is 5.32 Å². The summed E-state index contributed by atoms with van der Waals surface area (Å²) in [6.07, 6.45) is 1.60. The van der Waals surface area contributed by atoms with E-state index in [1.807, 2.05) is 24.3 Å². The van der Waals surface area contributed by atoms with Crippen molar-refractivity contribution in [2.24, 2.45) is 0 Å². The van der Waals surface area contributed by atoms with E-state index >= 15 is 0 Å². The highest BCUT2D eigenvalue weighted by Gasteiger charge is 2.18. The molecule has 0 atom stereocenters. The van der Waals surface area contributed by atoms with Crippen LogP contribution in [0.15, 0.2) is 54.9 Å². The molecule has 142 valence electrons. The second kappa shape index (κ2) is 7.28. The van der Waals surface area contributed by atoms with E-state index in [4.69, 9.17) is 11.6 Å². The molecule has 0 saturated carbocycles. The first kappa shape index (κ1) is 18.5. The Morgan fingerprint density at radius 1 is 1.00 bits per heavy atom. The molecule has 0 spiro atoms. The molecular weight excluding hydrogens is 368 g/mol. The Morgan fingerprint density at radius 2 is 1.75 bits per heavy atom. The molecule has 5 heteroatoms. The number of nitrogens with zero attached hydrogens (tertiary/aromatic N) is 3. The smallest absolute Gasteiger partial charge is 0.150 e. The Kier molecular flexibility index (Phi) is 4.82. The fourth-order valence-electron chi connectivity index (χ4n) is 3.51. The van der Waals surface area contributed by atoms with E-state index in [0.29, 0.717) is 10.9 Å². The number of hydrogen-bond acceptors (Lipinski definition) is 3. The molecule has 4 nitrogen and oxygen atoms in total. The van der Waals surface area contributed by atoms with Crippen molar-refractivity contribution in [2.75, 3.05) is 5.32 Å². The van der Waals surface area contributed by atoms with E-state index < -0.39 is 0 Å². The van der Waals surface area contributed by atoms with Crippen LogP contribution in [0.4, 0.5) is 11.5 Å². The maximum absolute atomic E-state index is 6.22. The highest BCUT2D eigenvalue weighted by molar-refractivity contribution is 6.30. The molecule has 0 aliphatic rings. The predicted molar refractivity (Wildman–Crippen MR) is 117 cm³/mol. The van der Waals surface area contributed by atoms with Crippen molar-refractivity contribution in [2.45, 2.75) is 33.6 Å². The van der Waals surface area contributed by atoms with Gasteiger partial charge in [-0.05, 0) is 61.2 Å². The zero-order valence-corrected chi connectivity index (χ0v) is 17.2. The normalized spacial score (nSPS) is 11.4. The van der Waals surface area contributed by atoms with Crippen molar-refractivity contribution in [3.05, 3.63) is 76.7 Å². The van der Waals surface area contributed by atoms with Crippen LogP contribution in [0.1, 0.15) is 36.6 Å². The number of anilines is 2. The molecule has 2 aromatic carbocycles. The molecule has 0 aliphatic carbocycles. The van der Waals surface area contributed by atoms with Crippen LogP contribution in [0.25, 0.3) is 16.7 Å². The van der Waals surface area contributed by atoms with E-state index in [-0.39, 0.29) is 0 Å². The summed E-state index contributed by atoms with van der Waals surface area (Å²) in [4.78, 5) is 9.10. The molecule has 28 heavy (non-hydrogen) atoms. The largest absolute Gasteiger partial charge is 0.340 e. The maximum Gasteiger partial charge on any atom is 0.150 e. The lowest BCUT2D eigenvalue weighted by atomic mass is 10.0. The van der Waals surface area contributed by atoms with Crippen molar-refractivity contribution in [1.82, 2.24) is 14.5 Å². The summed E-state index contributed by atoms with van der Waals surface area (Å²) in [5.41, 5.74) is 6.46. The van der Waals surface area contributed by atoms with Crippen LogP contribution >= 0.6 is 11.6 Å². The Bertz CT molecular complexity index is 1140. The monoisotopic (exact) mass is 390 g/mol. The molecule has 0 saturated heterocycles. The Morgan fingerprint density at radius 3 is 2.43 bits per heavy atom. The SMILES string of the molecule is Cc1c(C)n(-c2cccc(Cl)c2)c2ncnc(Nc3ccc(C(C)C)cc3)c12. The summed E-state index contributed by atoms with van der Waals surface area (Å²) < 4.78 is 2.13. The first-order chi connectivity index (χ1) is 13.5. The Balaban J connectivity index is 1.82. The molecular formula is C23H23ClN4. The van der Waals surface area contributed by atoms with Crippen molar-refractivity contribution in [1.29, 1.82) is 0 Å². The van der Waals surface area contributed by atoms with Crippen molar-refractivity contribution in [3.8, 4) is 5.69 Å². The van der Waals surface area contributed by atoms with E-state index in [0.717, 1.165) is 39.5 Å². The van der Waals surface area contributed by atoms with Gasteiger partial charge in [0.15, 0.2) is 5.65 Å². The third kappa shape index (κ3) is 3.25. The third-order valence-corrected chi connectivity index (χ3v) is 5.43. The van der Waals surface area contributed by atoms with Gasteiger partial charge in [-0.2, -0.15) is 0 Å². The minimum absolute atomic E-state index is 0.511. The van der Waals surface area contributed by atoms with Crippen LogP contribution in [0.2, 0.25) is 5.02 Å². The Hall–Kier alpha value is -2.85. The summed E-state index contributed by atoms with van der Waals surface area (Å²) in [5.74, 6) is 1.32. The molecule has 2 heterocycles. The number of halogens is 1. The third-order valence-electron chi connectivity index (χ3n) is 5.20. The van der Waals surface area contributed by atoms with Gasteiger partial charge in [0, 0.05) is 22.1 Å². The van der Waals surface area contributed by atoms with Crippen LogP contribution in [0, 0.1) is 13.8 Å². The van der Waals surface area contributed by atoms with Crippen LogP contribution in [-0.2, 0) is 0 Å². The quantitative estimate of drug-likeness (QED) is 0.429. The van der Waals surface area contributed by atoms with Gasteiger partial charge in [0.1, 0.15) is 12.1 Å². The topological polar surface area (TPSA) is 42.7 Å². The molecule has 2 aromatic heterocycles. The average Bonchev–Trinajstić information content (AvgIpc) is 2.94. The molecule has 4 aromatic rings.